The Morgan fingerprint density at radius 3 is 2.81 bits per heavy atom. The Bertz CT molecular complexity index is 558. The first kappa shape index (κ1) is 16.7. The van der Waals surface area contributed by atoms with Crippen molar-refractivity contribution in [2.45, 2.75) is 44.4 Å². The van der Waals surface area contributed by atoms with Crippen LogP contribution in [0.3, 0.4) is 0 Å². The van der Waals surface area contributed by atoms with Crippen molar-refractivity contribution in [3.8, 4) is 0 Å². The monoisotopic (exact) mass is 329 g/mol. The van der Waals surface area contributed by atoms with Gasteiger partial charge in [-0.05, 0) is 18.6 Å². The molecule has 0 spiro atoms. The van der Waals surface area contributed by atoms with Gasteiger partial charge in [-0.3, -0.25) is 0 Å². The molecule has 7 heteroatoms. The smallest absolute Gasteiger partial charge is 0.260 e. The Hall–Kier alpha value is -0.630. The first-order valence-electron chi connectivity index (χ1n) is 7.19. The van der Waals surface area contributed by atoms with Crippen molar-refractivity contribution in [3.05, 3.63) is 23.9 Å². The topological polar surface area (TPSA) is 62.3 Å². The zero-order valence-electron chi connectivity index (χ0n) is 12.7. The number of pyridine rings is 1. The summed E-state index contributed by atoms with van der Waals surface area (Å²) in [4.78, 5) is 4.16. The molecule has 1 aliphatic heterocycles. The van der Waals surface area contributed by atoms with Crippen molar-refractivity contribution < 1.29 is 8.42 Å². The number of thioether (sulfide) groups is 1. The van der Waals surface area contributed by atoms with Crippen molar-refractivity contribution >= 4 is 21.8 Å². The Kier molecular flexibility index (Phi) is 5.65. The number of nitrogens with one attached hydrogen (secondary N) is 1. The van der Waals surface area contributed by atoms with Gasteiger partial charge < -0.3 is 5.32 Å². The second-order valence-corrected chi connectivity index (χ2v) is 8.57. The third-order valence-electron chi connectivity index (χ3n) is 3.39. The summed E-state index contributed by atoms with van der Waals surface area (Å²) in [5, 5.41) is 3.44. The summed E-state index contributed by atoms with van der Waals surface area (Å²) in [5.74, 6) is 1.69. The van der Waals surface area contributed by atoms with Gasteiger partial charge in [0, 0.05) is 42.9 Å². The lowest BCUT2D eigenvalue weighted by atomic mass is 10.2. The standard InChI is InChI=1S/C14H23N3O2S2/c1-11(2)15-8-13-4-5-14(16-9-13)21(18,19)17-6-7-20-10-12(17)3/h4-5,9,11-12,15H,6-8,10H2,1-3H3. The van der Waals surface area contributed by atoms with Gasteiger partial charge in [-0.1, -0.05) is 19.9 Å². The third kappa shape index (κ3) is 4.18. The zero-order valence-corrected chi connectivity index (χ0v) is 14.4. The third-order valence-corrected chi connectivity index (χ3v) is 6.51. The molecule has 1 aromatic rings. The van der Waals surface area contributed by atoms with Crippen LogP contribution in [0, 0.1) is 0 Å². The number of hydrogen-bond donors (Lipinski definition) is 1. The van der Waals surface area contributed by atoms with E-state index in [2.05, 4.69) is 24.1 Å². The van der Waals surface area contributed by atoms with E-state index in [9.17, 15) is 8.42 Å². The van der Waals surface area contributed by atoms with Crippen LogP contribution >= 0.6 is 11.8 Å². The van der Waals surface area contributed by atoms with Gasteiger partial charge in [0.05, 0.1) is 0 Å². The zero-order chi connectivity index (χ0) is 15.5. The molecular weight excluding hydrogens is 306 g/mol. The Balaban J connectivity index is 2.13. The minimum absolute atomic E-state index is 0.0258. The van der Waals surface area contributed by atoms with Crippen molar-refractivity contribution in [3.63, 3.8) is 0 Å². The lowest BCUT2D eigenvalue weighted by molar-refractivity contribution is 0.366. The van der Waals surface area contributed by atoms with Crippen molar-refractivity contribution in [1.82, 2.24) is 14.6 Å². The number of hydrogen-bond acceptors (Lipinski definition) is 5. The molecule has 1 atom stereocenters. The summed E-state index contributed by atoms with van der Waals surface area (Å²) in [5.41, 5.74) is 0.991. The van der Waals surface area contributed by atoms with Crippen LogP contribution in [-0.4, -0.2) is 47.8 Å². The number of aromatic nitrogens is 1. The average molecular weight is 329 g/mol. The molecule has 1 N–H and O–H groups in total. The van der Waals surface area contributed by atoms with Gasteiger partial charge in [0.2, 0.25) is 0 Å². The van der Waals surface area contributed by atoms with E-state index in [1.165, 1.54) is 0 Å². The van der Waals surface area contributed by atoms with Gasteiger partial charge in [0.1, 0.15) is 0 Å². The molecule has 2 heterocycles. The van der Waals surface area contributed by atoms with E-state index < -0.39 is 10.0 Å². The molecule has 1 unspecified atom stereocenters. The van der Waals surface area contributed by atoms with E-state index >= 15 is 0 Å². The second-order valence-electron chi connectivity index (χ2n) is 5.58. The highest BCUT2D eigenvalue weighted by Gasteiger charge is 2.32. The van der Waals surface area contributed by atoms with Gasteiger partial charge in [0.15, 0.2) is 5.03 Å². The summed E-state index contributed by atoms with van der Waals surface area (Å²) in [6.07, 6.45) is 1.64. The minimum Gasteiger partial charge on any atom is -0.310 e. The average Bonchev–Trinajstić information content (AvgIpc) is 2.46. The summed E-state index contributed by atoms with van der Waals surface area (Å²) in [7, 11) is -3.47. The fourth-order valence-electron chi connectivity index (χ4n) is 2.18. The van der Waals surface area contributed by atoms with Gasteiger partial charge in [-0.25, -0.2) is 13.4 Å². The number of rotatable bonds is 5. The highest BCUT2D eigenvalue weighted by atomic mass is 32.2. The van der Waals surface area contributed by atoms with E-state index in [0.29, 0.717) is 19.1 Å². The van der Waals surface area contributed by atoms with Crippen LogP contribution in [0.15, 0.2) is 23.4 Å². The van der Waals surface area contributed by atoms with Crippen molar-refractivity contribution in [2.24, 2.45) is 0 Å². The predicted octanol–water partition coefficient (Wildman–Crippen LogP) is 1.71. The van der Waals surface area contributed by atoms with E-state index in [1.807, 2.05) is 13.0 Å². The van der Waals surface area contributed by atoms with Gasteiger partial charge >= 0.3 is 0 Å². The van der Waals surface area contributed by atoms with Gasteiger partial charge in [-0.15, -0.1) is 0 Å². The SMILES string of the molecule is CC(C)NCc1ccc(S(=O)(=O)N2CCSCC2C)nc1. The number of sulfonamides is 1. The molecule has 1 aliphatic rings. The Morgan fingerprint density at radius 2 is 2.24 bits per heavy atom. The van der Waals surface area contributed by atoms with Crippen LogP contribution in [-0.2, 0) is 16.6 Å². The van der Waals surface area contributed by atoms with Gasteiger partial charge in [-0.2, -0.15) is 16.1 Å². The maximum Gasteiger partial charge on any atom is 0.260 e. The molecule has 21 heavy (non-hydrogen) atoms. The molecule has 1 aromatic heterocycles. The van der Waals surface area contributed by atoms with E-state index in [1.54, 1.807) is 28.3 Å². The lowest BCUT2D eigenvalue weighted by Crippen LogP contribution is -2.44. The van der Waals surface area contributed by atoms with Crippen LogP contribution in [0.25, 0.3) is 0 Å². The van der Waals surface area contributed by atoms with Crippen LogP contribution in [0.2, 0.25) is 0 Å². The molecule has 1 saturated heterocycles. The van der Waals surface area contributed by atoms with Crippen molar-refractivity contribution in [1.29, 1.82) is 0 Å². The Labute approximate surface area is 131 Å². The quantitative estimate of drug-likeness (QED) is 0.891. The Morgan fingerprint density at radius 1 is 1.48 bits per heavy atom. The molecule has 0 saturated carbocycles. The maximum atomic E-state index is 12.6. The normalized spacial score (nSPS) is 20.9. The minimum atomic E-state index is -3.47. The van der Waals surface area contributed by atoms with Crippen molar-refractivity contribution in [2.75, 3.05) is 18.1 Å². The predicted molar refractivity (Wildman–Crippen MR) is 86.9 cm³/mol. The largest absolute Gasteiger partial charge is 0.310 e. The number of nitrogens with zero attached hydrogens (tertiary/aromatic N) is 2. The first-order chi connectivity index (χ1) is 9.91. The van der Waals surface area contributed by atoms with E-state index in [0.717, 1.165) is 17.1 Å². The maximum absolute atomic E-state index is 12.6. The second kappa shape index (κ2) is 7.09. The molecule has 0 radical (unpaired) electrons. The van der Waals surface area contributed by atoms with Crippen LogP contribution in [0.1, 0.15) is 26.3 Å². The highest BCUT2D eigenvalue weighted by molar-refractivity contribution is 7.99. The summed E-state index contributed by atoms with van der Waals surface area (Å²) in [6, 6.07) is 3.86. The summed E-state index contributed by atoms with van der Waals surface area (Å²) < 4.78 is 26.8. The van der Waals surface area contributed by atoms with Crippen LogP contribution in [0.5, 0.6) is 0 Å². The fourth-order valence-corrected chi connectivity index (χ4v) is 4.95. The molecule has 2 rings (SSSR count). The van der Waals surface area contributed by atoms with Crippen LogP contribution < -0.4 is 5.32 Å². The molecule has 0 bridgehead atoms. The molecule has 0 aliphatic carbocycles. The molecular formula is C14H23N3O2S2. The molecule has 118 valence electrons. The molecule has 0 amide bonds. The van der Waals surface area contributed by atoms with Crippen LogP contribution in [0.4, 0.5) is 0 Å². The first-order valence-corrected chi connectivity index (χ1v) is 9.78. The highest BCUT2D eigenvalue weighted by Crippen LogP contribution is 2.23. The molecule has 1 fully saturated rings. The summed E-state index contributed by atoms with van der Waals surface area (Å²) >= 11 is 1.79. The molecule has 0 aromatic carbocycles. The molecule has 5 nitrogen and oxygen atoms in total. The van der Waals surface area contributed by atoms with E-state index in [-0.39, 0.29) is 11.1 Å². The van der Waals surface area contributed by atoms with E-state index in [4.69, 9.17) is 0 Å². The fraction of sp³-hybridized carbons (Fsp3) is 0.643. The summed E-state index contributed by atoms with van der Waals surface area (Å²) in [6.45, 7) is 7.35. The van der Waals surface area contributed by atoms with Gasteiger partial charge in [0.25, 0.3) is 10.0 Å². The lowest BCUT2D eigenvalue weighted by Gasteiger charge is -2.31.